The van der Waals surface area contributed by atoms with E-state index < -0.39 is 5.41 Å². The van der Waals surface area contributed by atoms with Crippen LogP contribution in [-0.2, 0) is 21.6 Å². The zero-order chi connectivity index (χ0) is 15.3. The van der Waals surface area contributed by atoms with Gasteiger partial charge in [-0.3, -0.25) is 4.79 Å². The topological polar surface area (TPSA) is 38.3 Å². The number of hydrogen-bond acceptors (Lipinski definition) is 2. The van der Waals surface area contributed by atoms with E-state index >= 15 is 0 Å². The second-order valence-corrected chi connectivity index (χ2v) is 5.58. The lowest BCUT2D eigenvalue weighted by atomic mass is 9.83. The molecule has 2 aromatic carbocycles. The molecule has 0 spiro atoms. The Morgan fingerprint density at radius 1 is 1.10 bits per heavy atom. The molecule has 0 aliphatic carbocycles. The molecule has 21 heavy (non-hydrogen) atoms. The maximum absolute atomic E-state index is 12.6. The Morgan fingerprint density at radius 2 is 1.81 bits per heavy atom. The highest BCUT2D eigenvalue weighted by atomic mass is 16.5. The van der Waals surface area contributed by atoms with Gasteiger partial charge in [0.2, 0.25) is 5.91 Å². The predicted octanol–water partition coefficient (Wildman–Crippen LogP) is 3.75. The third kappa shape index (κ3) is 3.70. The summed E-state index contributed by atoms with van der Waals surface area (Å²) in [6.45, 7) is 4.39. The van der Waals surface area contributed by atoms with Crippen LogP contribution in [0.25, 0.3) is 0 Å². The van der Waals surface area contributed by atoms with Crippen molar-refractivity contribution in [3.8, 4) is 0 Å². The molecule has 0 fully saturated rings. The molecule has 1 amide bonds. The molecule has 0 aliphatic rings. The summed E-state index contributed by atoms with van der Waals surface area (Å²) < 4.78 is 5.11. The van der Waals surface area contributed by atoms with E-state index in [1.807, 2.05) is 68.4 Å². The van der Waals surface area contributed by atoms with Crippen molar-refractivity contribution in [2.24, 2.45) is 0 Å². The SMILES string of the molecule is COCc1cccc(NC(=O)C(C)(C)c2ccccc2)c1. The minimum Gasteiger partial charge on any atom is -0.380 e. The highest BCUT2D eigenvalue weighted by Gasteiger charge is 2.29. The van der Waals surface area contributed by atoms with Crippen molar-refractivity contribution < 1.29 is 9.53 Å². The number of carbonyl (C=O) groups is 1. The Bertz CT molecular complexity index is 606. The van der Waals surface area contributed by atoms with Gasteiger partial charge in [-0.1, -0.05) is 42.5 Å². The van der Waals surface area contributed by atoms with Crippen LogP contribution in [-0.4, -0.2) is 13.0 Å². The van der Waals surface area contributed by atoms with Gasteiger partial charge in [0.15, 0.2) is 0 Å². The molecule has 3 nitrogen and oxygen atoms in total. The van der Waals surface area contributed by atoms with Crippen LogP contribution in [0, 0.1) is 0 Å². The standard InChI is InChI=1S/C18H21NO2/c1-18(2,15-9-5-4-6-10-15)17(20)19-16-11-7-8-14(12-16)13-21-3/h4-12H,13H2,1-3H3,(H,19,20). The third-order valence-electron chi connectivity index (χ3n) is 3.56. The van der Waals surface area contributed by atoms with Gasteiger partial charge in [-0.15, -0.1) is 0 Å². The summed E-state index contributed by atoms with van der Waals surface area (Å²) in [5.41, 5.74) is 2.24. The summed E-state index contributed by atoms with van der Waals surface area (Å²) in [6.07, 6.45) is 0. The van der Waals surface area contributed by atoms with Crippen LogP contribution >= 0.6 is 0 Å². The summed E-state index contributed by atoms with van der Waals surface area (Å²) in [5.74, 6) is -0.0248. The fourth-order valence-corrected chi connectivity index (χ4v) is 2.18. The second-order valence-electron chi connectivity index (χ2n) is 5.58. The molecule has 0 aromatic heterocycles. The first-order chi connectivity index (χ1) is 10.0. The van der Waals surface area contributed by atoms with E-state index in [0.29, 0.717) is 6.61 Å². The fraction of sp³-hybridized carbons (Fsp3) is 0.278. The maximum Gasteiger partial charge on any atom is 0.234 e. The van der Waals surface area contributed by atoms with E-state index in [1.165, 1.54) is 0 Å². The van der Waals surface area contributed by atoms with Crippen molar-refractivity contribution in [2.45, 2.75) is 25.9 Å². The van der Waals surface area contributed by atoms with E-state index in [0.717, 1.165) is 16.8 Å². The highest BCUT2D eigenvalue weighted by Crippen LogP contribution is 2.25. The number of ether oxygens (including phenoxy) is 1. The summed E-state index contributed by atoms with van der Waals surface area (Å²) >= 11 is 0. The van der Waals surface area contributed by atoms with Crippen LogP contribution in [0.15, 0.2) is 54.6 Å². The lowest BCUT2D eigenvalue weighted by molar-refractivity contribution is -0.120. The number of methoxy groups -OCH3 is 1. The van der Waals surface area contributed by atoms with Crippen LogP contribution in [0.2, 0.25) is 0 Å². The van der Waals surface area contributed by atoms with Gasteiger partial charge >= 0.3 is 0 Å². The van der Waals surface area contributed by atoms with E-state index in [-0.39, 0.29) is 5.91 Å². The molecule has 0 radical (unpaired) electrons. The van der Waals surface area contributed by atoms with Gasteiger partial charge in [0.05, 0.1) is 12.0 Å². The molecule has 0 heterocycles. The molecule has 0 saturated heterocycles. The zero-order valence-electron chi connectivity index (χ0n) is 12.7. The molecule has 0 aliphatic heterocycles. The van der Waals surface area contributed by atoms with Crippen LogP contribution < -0.4 is 5.32 Å². The average molecular weight is 283 g/mol. The van der Waals surface area contributed by atoms with Crippen molar-refractivity contribution in [2.75, 3.05) is 12.4 Å². The first-order valence-electron chi connectivity index (χ1n) is 6.99. The largest absolute Gasteiger partial charge is 0.380 e. The molecule has 0 bridgehead atoms. The maximum atomic E-state index is 12.6. The molecule has 110 valence electrons. The van der Waals surface area contributed by atoms with Crippen LogP contribution in [0.5, 0.6) is 0 Å². The van der Waals surface area contributed by atoms with Crippen molar-refractivity contribution in [3.05, 3.63) is 65.7 Å². The number of carbonyl (C=O) groups excluding carboxylic acids is 1. The number of benzene rings is 2. The Morgan fingerprint density at radius 3 is 2.48 bits per heavy atom. The lowest BCUT2D eigenvalue weighted by Gasteiger charge is -2.24. The van der Waals surface area contributed by atoms with Gasteiger partial charge in [-0.25, -0.2) is 0 Å². The number of amides is 1. The summed E-state index contributed by atoms with van der Waals surface area (Å²) in [6, 6.07) is 17.5. The smallest absolute Gasteiger partial charge is 0.234 e. The monoisotopic (exact) mass is 283 g/mol. The summed E-state index contributed by atoms with van der Waals surface area (Å²) in [5, 5.41) is 2.98. The molecule has 3 heteroatoms. The Kier molecular flexibility index (Phi) is 4.76. The van der Waals surface area contributed by atoms with E-state index in [9.17, 15) is 4.79 Å². The zero-order valence-corrected chi connectivity index (χ0v) is 12.7. The van der Waals surface area contributed by atoms with Gasteiger partial charge < -0.3 is 10.1 Å². The second kappa shape index (κ2) is 6.55. The molecular formula is C18H21NO2. The minimum atomic E-state index is -0.585. The predicted molar refractivity (Wildman–Crippen MR) is 85.3 cm³/mol. The average Bonchev–Trinajstić information content (AvgIpc) is 2.49. The number of anilines is 1. The quantitative estimate of drug-likeness (QED) is 0.907. The van der Waals surface area contributed by atoms with Crippen LogP contribution in [0.1, 0.15) is 25.0 Å². The Balaban J connectivity index is 2.15. The van der Waals surface area contributed by atoms with Gasteiger partial charge in [0.1, 0.15) is 0 Å². The summed E-state index contributed by atoms with van der Waals surface area (Å²) in [4.78, 5) is 12.6. The minimum absolute atomic E-state index is 0.0248. The van der Waals surface area contributed by atoms with Gasteiger partial charge in [0, 0.05) is 12.8 Å². The molecular weight excluding hydrogens is 262 g/mol. The van der Waals surface area contributed by atoms with Gasteiger partial charge in [0.25, 0.3) is 0 Å². The molecule has 2 rings (SSSR count). The van der Waals surface area contributed by atoms with E-state index in [2.05, 4.69) is 5.32 Å². The van der Waals surface area contributed by atoms with Gasteiger partial charge in [-0.2, -0.15) is 0 Å². The van der Waals surface area contributed by atoms with Crippen molar-refractivity contribution >= 4 is 11.6 Å². The number of hydrogen-bond donors (Lipinski definition) is 1. The van der Waals surface area contributed by atoms with E-state index in [1.54, 1.807) is 7.11 Å². The molecule has 0 atom stereocenters. The number of rotatable bonds is 5. The Hall–Kier alpha value is -2.13. The third-order valence-corrected chi connectivity index (χ3v) is 3.56. The molecule has 0 unspecified atom stereocenters. The van der Waals surface area contributed by atoms with E-state index in [4.69, 9.17) is 4.74 Å². The first kappa shape index (κ1) is 15.3. The van der Waals surface area contributed by atoms with Crippen molar-refractivity contribution in [3.63, 3.8) is 0 Å². The molecule has 0 saturated carbocycles. The van der Waals surface area contributed by atoms with Crippen molar-refractivity contribution in [1.82, 2.24) is 0 Å². The Labute approximate surface area is 126 Å². The summed E-state index contributed by atoms with van der Waals surface area (Å²) in [7, 11) is 1.66. The molecule has 1 N–H and O–H groups in total. The molecule has 2 aromatic rings. The first-order valence-corrected chi connectivity index (χ1v) is 6.99. The lowest BCUT2D eigenvalue weighted by Crippen LogP contribution is -2.34. The van der Waals surface area contributed by atoms with Crippen LogP contribution in [0.4, 0.5) is 5.69 Å². The normalized spacial score (nSPS) is 11.2. The van der Waals surface area contributed by atoms with Gasteiger partial charge in [-0.05, 0) is 37.1 Å². The van der Waals surface area contributed by atoms with Crippen LogP contribution in [0.3, 0.4) is 0 Å². The number of nitrogens with one attached hydrogen (secondary N) is 1. The fourth-order valence-electron chi connectivity index (χ4n) is 2.18. The van der Waals surface area contributed by atoms with Crippen molar-refractivity contribution in [1.29, 1.82) is 0 Å². The highest BCUT2D eigenvalue weighted by molar-refractivity contribution is 5.98.